The van der Waals surface area contributed by atoms with E-state index >= 15 is 0 Å². The van der Waals surface area contributed by atoms with Crippen LogP contribution in [-0.4, -0.2) is 11.0 Å². The summed E-state index contributed by atoms with van der Waals surface area (Å²) in [6, 6.07) is 0.687. The van der Waals surface area contributed by atoms with Crippen LogP contribution in [0.15, 0.2) is 6.20 Å². The highest BCUT2D eigenvalue weighted by molar-refractivity contribution is 7.11. The largest absolute Gasteiger partial charge is 0.307 e. The first-order valence-electron chi connectivity index (χ1n) is 5.22. The molecule has 0 bridgehead atoms. The van der Waals surface area contributed by atoms with Gasteiger partial charge in [0.2, 0.25) is 0 Å². The minimum Gasteiger partial charge on any atom is -0.307 e. The first-order chi connectivity index (χ1) is 6.58. The van der Waals surface area contributed by atoms with Crippen molar-refractivity contribution in [3.05, 3.63) is 16.1 Å². The molecule has 1 aromatic heterocycles. The number of hydrogen-bond donors (Lipinski definition) is 1. The molecule has 1 aromatic rings. The molecule has 0 saturated heterocycles. The lowest BCUT2D eigenvalue weighted by Crippen LogP contribution is -2.49. The molecule has 0 radical (unpaired) electrons. The highest BCUT2D eigenvalue weighted by atomic mass is 32.1. The number of aromatic nitrogens is 1. The van der Waals surface area contributed by atoms with Gasteiger partial charge in [0.15, 0.2) is 0 Å². The van der Waals surface area contributed by atoms with E-state index < -0.39 is 0 Å². The fourth-order valence-electron chi connectivity index (χ4n) is 1.94. The third kappa shape index (κ3) is 1.98. The Balaban J connectivity index is 1.83. The van der Waals surface area contributed by atoms with Crippen LogP contribution in [-0.2, 0) is 6.54 Å². The van der Waals surface area contributed by atoms with Gasteiger partial charge < -0.3 is 5.32 Å². The Labute approximate surface area is 89.8 Å². The second-order valence-electron chi connectivity index (χ2n) is 4.83. The van der Waals surface area contributed by atoms with Crippen molar-refractivity contribution in [2.45, 2.75) is 46.2 Å². The molecule has 0 aliphatic heterocycles. The molecule has 0 spiro atoms. The summed E-state index contributed by atoms with van der Waals surface area (Å²) in [5, 5.41) is 4.80. The van der Waals surface area contributed by atoms with E-state index in [1.807, 2.05) is 6.20 Å². The fraction of sp³-hybridized carbons (Fsp3) is 0.727. The standard InChI is InChI=1S/C11H18N2S/c1-8-6-13-10(14-8)7-12-9-4-5-11(9,2)3/h6,9,12H,4-5,7H2,1-3H3. The van der Waals surface area contributed by atoms with Gasteiger partial charge in [0, 0.05) is 23.7 Å². The lowest BCUT2D eigenvalue weighted by Gasteiger charge is -2.45. The second-order valence-corrected chi connectivity index (χ2v) is 6.14. The first-order valence-corrected chi connectivity index (χ1v) is 6.04. The van der Waals surface area contributed by atoms with Crippen molar-refractivity contribution in [2.24, 2.45) is 5.41 Å². The van der Waals surface area contributed by atoms with Gasteiger partial charge >= 0.3 is 0 Å². The van der Waals surface area contributed by atoms with Gasteiger partial charge in [0.1, 0.15) is 5.01 Å². The van der Waals surface area contributed by atoms with E-state index in [2.05, 4.69) is 31.1 Å². The molecule has 1 heterocycles. The Hall–Kier alpha value is -0.410. The van der Waals surface area contributed by atoms with Gasteiger partial charge in [0.05, 0.1) is 0 Å². The Morgan fingerprint density at radius 1 is 1.64 bits per heavy atom. The normalized spacial score (nSPS) is 24.6. The molecule has 14 heavy (non-hydrogen) atoms. The highest BCUT2D eigenvalue weighted by Gasteiger charge is 2.37. The quantitative estimate of drug-likeness (QED) is 0.829. The summed E-state index contributed by atoms with van der Waals surface area (Å²) in [7, 11) is 0. The molecule has 0 amide bonds. The van der Waals surface area contributed by atoms with Gasteiger partial charge in [-0.25, -0.2) is 4.98 Å². The van der Waals surface area contributed by atoms with Crippen LogP contribution in [0, 0.1) is 12.3 Å². The Kier molecular flexibility index (Phi) is 2.62. The maximum atomic E-state index is 4.35. The molecule has 0 aromatic carbocycles. The van der Waals surface area contributed by atoms with Gasteiger partial charge in [-0.3, -0.25) is 0 Å². The van der Waals surface area contributed by atoms with E-state index in [9.17, 15) is 0 Å². The first kappa shape index (κ1) is 10.1. The lowest BCUT2D eigenvalue weighted by atomic mass is 9.67. The maximum absolute atomic E-state index is 4.35. The summed E-state index contributed by atoms with van der Waals surface area (Å²) >= 11 is 1.79. The van der Waals surface area contributed by atoms with E-state index in [-0.39, 0.29) is 0 Å². The van der Waals surface area contributed by atoms with Crippen LogP contribution in [0.1, 0.15) is 36.6 Å². The SMILES string of the molecule is Cc1cnc(CNC2CCC2(C)C)s1. The van der Waals surface area contributed by atoms with E-state index in [0.29, 0.717) is 11.5 Å². The number of nitrogens with zero attached hydrogens (tertiary/aromatic N) is 1. The van der Waals surface area contributed by atoms with Crippen molar-refractivity contribution in [3.63, 3.8) is 0 Å². The maximum Gasteiger partial charge on any atom is 0.107 e. The zero-order valence-electron chi connectivity index (χ0n) is 9.13. The molecular weight excluding hydrogens is 192 g/mol. The predicted molar refractivity (Wildman–Crippen MR) is 60.5 cm³/mol. The monoisotopic (exact) mass is 210 g/mol. The topological polar surface area (TPSA) is 24.9 Å². The number of rotatable bonds is 3. The minimum atomic E-state index is 0.492. The molecule has 1 atom stereocenters. The molecule has 1 aliphatic carbocycles. The van der Waals surface area contributed by atoms with Gasteiger partial charge in [0.25, 0.3) is 0 Å². The molecule has 1 N–H and O–H groups in total. The zero-order chi connectivity index (χ0) is 10.2. The van der Waals surface area contributed by atoms with Crippen LogP contribution >= 0.6 is 11.3 Å². The zero-order valence-corrected chi connectivity index (χ0v) is 9.95. The van der Waals surface area contributed by atoms with Crippen LogP contribution in [0.25, 0.3) is 0 Å². The molecule has 1 aliphatic rings. The fourth-order valence-corrected chi connectivity index (χ4v) is 2.68. The molecule has 1 unspecified atom stereocenters. The summed E-state index contributed by atoms with van der Waals surface area (Å²) in [5.41, 5.74) is 0.492. The number of thiazole rings is 1. The average Bonchev–Trinajstić information content (AvgIpc) is 2.50. The smallest absolute Gasteiger partial charge is 0.107 e. The van der Waals surface area contributed by atoms with Crippen LogP contribution < -0.4 is 5.32 Å². The van der Waals surface area contributed by atoms with Crippen molar-refractivity contribution in [2.75, 3.05) is 0 Å². The van der Waals surface area contributed by atoms with Gasteiger partial charge in [-0.1, -0.05) is 13.8 Å². The van der Waals surface area contributed by atoms with Crippen molar-refractivity contribution >= 4 is 11.3 Å². The highest BCUT2D eigenvalue weighted by Crippen LogP contribution is 2.40. The third-order valence-corrected chi connectivity index (χ3v) is 4.10. The van der Waals surface area contributed by atoms with Crippen molar-refractivity contribution in [1.82, 2.24) is 10.3 Å². The number of aryl methyl sites for hydroxylation is 1. The summed E-state index contributed by atoms with van der Waals surface area (Å²) in [4.78, 5) is 5.65. The van der Waals surface area contributed by atoms with Crippen molar-refractivity contribution in [1.29, 1.82) is 0 Å². The number of hydrogen-bond acceptors (Lipinski definition) is 3. The van der Waals surface area contributed by atoms with Crippen LogP contribution in [0.4, 0.5) is 0 Å². The summed E-state index contributed by atoms with van der Waals surface area (Å²) in [6.07, 6.45) is 4.62. The Morgan fingerprint density at radius 2 is 2.43 bits per heavy atom. The van der Waals surface area contributed by atoms with Gasteiger partial charge in [-0.05, 0) is 25.2 Å². The molecule has 78 valence electrons. The summed E-state index contributed by atoms with van der Waals surface area (Å²) < 4.78 is 0. The van der Waals surface area contributed by atoms with Crippen molar-refractivity contribution in [3.8, 4) is 0 Å². The Morgan fingerprint density at radius 3 is 2.86 bits per heavy atom. The molecule has 1 fully saturated rings. The molecule has 3 heteroatoms. The molecule has 1 saturated carbocycles. The van der Waals surface area contributed by atoms with Crippen LogP contribution in [0.2, 0.25) is 0 Å². The number of nitrogens with one attached hydrogen (secondary N) is 1. The van der Waals surface area contributed by atoms with E-state index in [4.69, 9.17) is 0 Å². The predicted octanol–water partition coefficient (Wildman–Crippen LogP) is 2.73. The molecular formula is C11H18N2S. The van der Waals surface area contributed by atoms with Crippen LogP contribution in [0.5, 0.6) is 0 Å². The van der Waals surface area contributed by atoms with Crippen LogP contribution in [0.3, 0.4) is 0 Å². The summed E-state index contributed by atoms with van der Waals surface area (Å²) in [6.45, 7) is 7.71. The van der Waals surface area contributed by atoms with E-state index in [0.717, 1.165) is 6.54 Å². The molecule has 2 rings (SSSR count). The van der Waals surface area contributed by atoms with E-state index in [1.165, 1.54) is 22.7 Å². The average molecular weight is 210 g/mol. The Bertz CT molecular complexity index is 317. The minimum absolute atomic E-state index is 0.492. The second kappa shape index (κ2) is 3.63. The lowest BCUT2D eigenvalue weighted by molar-refractivity contribution is 0.108. The van der Waals surface area contributed by atoms with E-state index in [1.54, 1.807) is 11.3 Å². The van der Waals surface area contributed by atoms with Gasteiger partial charge in [-0.2, -0.15) is 0 Å². The van der Waals surface area contributed by atoms with Crippen molar-refractivity contribution < 1.29 is 0 Å². The van der Waals surface area contributed by atoms with Gasteiger partial charge in [-0.15, -0.1) is 11.3 Å². The third-order valence-electron chi connectivity index (χ3n) is 3.19. The molecule has 2 nitrogen and oxygen atoms in total. The summed E-state index contributed by atoms with van der Waals surface area (Å²) in [5.74, 6) is 0.